The van der Waals surface area contributed by atoms with Crippen molar-refractivity contribution in [2.45, 2.75) is 40.5 Å². The van der Waals surface area contributed by atoms with E-state index in [0.717, 1.165) is 16.8 Å². The van der Waals surface area contributed by atoms with E-state index in [-0.39, 0.29) is 18.2 Å². The highest BCUT2D eigenvalue weighted by Crippen LogP contribution is 2.21. The van der Waals surface area contributed by atoms with E-state index in [4.69, 9.17) is 4.52 Å². The highest BCUT2D eigenvalue weighted by Gasteiger charge is 2.14. The number of carbonyl (C=O) groups is 2. The Morgan fingerprint density at radius 2 is 1.87 bits per heavy atom. The molecule has 0 saturated carbocycles. The molecule has 0 unspecified atom stereocenters. The van der Waals surface area contributed by atoms with Crippen LogP contribution in [0.3, 0.4) is 0 Å². The molecule has 6 heteroatoms. The van der Waals surface area contributed by atoms with E-state index in [0.29, 0.717) is 23.6 Å². The summed E-state index contributed by atoms with van der Waals surface area (Å²) in [6.07, 6.45) is 0.605. The molecule has 1 aromatic carbocycles. The van der Waals surface area contributed by atoms with Gasteiger partial charge < -0.3 is 15.2 Å². The molecule has 0 radical (unpaired) electrons. The summed E-state index contributed by atoms with van der Waals surface area (Å²) < 4.78 is 5.07. The second kappa shape index (κ2) is 7.09. The van der Waals surface area contributed by atoms with Gasteiger partial charge in [-0.05, 0) is 38.5 Å². The Bertz CT molecular complexity index is 715. The Balaban J connectivity index is 2.11. The van der Waals surface area contributed by atoms with Crippen LogP contribution in [0.2, 0.25) is 0 Å². The fourth-order valence-corrected chi connectivity index (χ4v) is 2.19. The van der Waals surface area contributed by atoms with Crippen LogP contribution in [0.1, 0.15) is 35.9 Å². The van der Waals surface area contributed by atoms with Gasteiger partial charge in [0.15, 0.2) is 0 Å². The van der Waals surface area contributed by atoms with Crippen LogP contribution in [0.4, 0.5) is 11.4 Å². The summed E-state index contributed by atoms with van der Waals surface area (Å²) in [5.74, 6) is 0.432. The topological polar surface area (TPSA) is 84.2 Å². The van der Waals surface area contributed by atoms with E-state index in [2.05, 4.69) is 15.8 Å². The first kappa shape index (κ1) is 16.7. The van der Waals surface area contributed by atoms with Gasteiger partial charge in [-0.15, -0.1) is 0 Å². The van der Waals surface area contributed by atoms with Gasteiger partial charge in [-0.2, -0.15) is 0 Å². The van der Waals surface area contributed by atoms with Crippen LogP contribution in [0.25, 0.3) is 0 Å². The van der Waals surface area contributed by atoms with Gasteiger partial charge in [0, 0.05) is 23.4 Å². The lowest BCUT2D eigenvalue weighted by atomic mass is 10.1. The zero-order valence-corrected chi connectivity index (χ0v) is 13.8. The lowest BCUT2D eigenvalue weighted by Crippen LogP contribution is -2.16. The number of nitrogens with zero attached hydrogens (tertiary/aromatic N) is 1. The molecule has 1 aromatic heterocycles. The molecule has 23 heavy (non-hydrogen) atoms. The molecule has 1 heterocycles. The van der Waals surface area contributed by atoms with Crippen LogP contribution >= 0.6 is 0 Å². The van der Waals surface area contributed by atoms with Crippen molar-refractivity contribution in [1.82, 2.24) is 5.16 Å². The summed E-state index contributed by atoms with van der Waals surface area (Å²) in [6, 6.07) is 5.43. The van der Waals surface area contributed by atoms with E-state index in [1.165, 1.54) is 0 Å². The number of nitrogens with one attached hydrogen (secondary N) is 2. The second-order valence-corrected chi connectivity index (χ2v) is 5.46. The van der Waals surface area contributed by atoms with E-state index in [1.54, 1.807) is 19.9 Å². The molecular weight excluding hydrogens is 294 g/mol. The Hall–Kier alpha value is -2.63. The van der Waals surface area contributed by atoms with Crippen LogP contribution in [0.5, 0.6) is 0 Å². The maximum atomic E-state index is 12.3. The van der Waals surface area contributed by atoms with Crippen molar-refractivity contribution in [2.75, 3.05) is 10.6 Å². The fourth-order valence-electron chi connectivity index (χ4n) is 2.19. The molecule has 2 aromatic rings. The molecule has 0 bridgehead atoms. The number of aryl methyl sites for hydroxylation is 3. The SMILES string of the molecule is CCC(=O)Nc1ccc(C)c(NC(=O)Cc2c(C)noc2C)c1. The summed E-state index contributed by atoms with van der Waals surface area (Å²) >= 11 is 0. The second-order valence-electron chi connectivity index (χ2n) is 5.46. The van der Waals surface area contributed by atoms with Gasteiger partial charge >= 0.3 is 0 Å². The molecule has 6 nitrogen and oxygen atoms in total. The van der Waals surface area contributed by atoms with Crippen molar-refractivity contribution in [3.63, 3.8) is 0 Å². The standard InChI is InChI=1S/C17H21N3O3/c1-5-16(21)18-13-7-6-10(2)15(8-13)19-17(22)9-14-11(3)20-23-12(14)4/h6-8H,5,9H2,1-4H3,(H,18,21)(H,19,22). The minimum absolute atomic E-state index is 0.0677. The lowest BCUT2D eigenvalue weighted by molar-refractivity contribution is -0.116. The minimum Gasteiger partial charge on any atom is -0.361 e. The van der Waals surface area contributed by atoms with E-state index in [9.17, 15) is 9.59 Å². The molecule has 0 aliphatic heterocycles. The number of hydrogen-bond acceptors (Lipinski definition) is 4. The van der Waals surface area contributed by atoms with Crippen molar-refractivity contribution >= 4 is 23.2 Å². The Kier molecular flexibility index (Phi) is 5.16. The van der Waals surface area contributed by atoms with Gasteiger partial charge in [-0.1, -0.05) is 18.1 Å². The Morgan fingerprint density at radius 3 is 2.48 bits per heavy atom. The quantitative estimate of drug-likeness (QED) is 0.888. The largest absolute Gasteiger partial charge is 0.361 e. The lowest BCUT2D eigenvalue weighted by Gasteiger charge is -2.11. The summed E-state index contributed by atoms with van der Waals surface area (Å²) in [5.41, 5.74) is 3.78. The first-order chi connectivity index (χ1) is 10.9. The van der Waals surface area contributed by atoms with Crippen molar-refractivity contribution < 1.29 is 14.1 Å². The molecule has 0 spiro atoms. The third kappa shape index (κ3) is 4.18. The third-order valence-electron chi connectivity index (χ3n) is 3.64. The van der Waals surface area contributed by atoms with Gasteiger partial charge in [-0.3, -0.25) is 9.59 Å². The minimum atomic E-state index is -0.151. The van der Waals surface area contributed by atoms with Crippen molar-refractivity contribution in [3.8, 4) is 0 Å². The van der Waals surface area contributed by atoms with Crippen LogP contribution < -0.4 is 10.6 Å². The zero-order chi connectivity index (χ0) is 17.0. The predicted octanol–water partition coefficient (Wildman–Crippen LogP) is 3.13. The van der Waals surface area contributed by atoms with E-state index >= 15 is 0 Å². The molecule has 0 atom stereocenters. The van der Waals surface area contributed by atoms with Gasteiger partial charge in [0.1, 0.15) is 5.76 Å². The molecule has 122 valence electrons. The maximum Gasteiger partial charge on any atom is 0.229 e. The van der Waals surface area contributed by atoms with Gasteiger partial charge in [-0.25, -0.2) is 0 Å². The van der Waals surface area contributed by atoms with Crippen LogP contribution in [-0.4, -0.2) is 17.0 Å². The number of rotatable bonds is 5. The molecule has 2 rings (SSSR count). The third-order valence-corrected chi connectivity index (χ3v) is 3.64. The average molecular weight is 315 g/mol. The van der Waals surface area contributed by atoms with Gasteiger partial charge in [0.05, 0.1) is 12.1 Å². The number of amides is 2. The molecular formula is C17H21N3O3. The van der Waals surface area contributed by atoms with Gasteiger partial charge in [0.2, 0.25) is 11.8 Å². The first-order valence-electron chi connectivity index (χ1n) is 7.52. The summed E-state index contributed by atoms with van der Waals surface area (Å²) in [5, 5.41) is 9.50. The predicted molar refractivity (Wildman–Crippen MR) is 88.4 cm³/mol. The first-order valence-corrected chi connectivity index (χ1v) is 7.52. The van der Waals surface area contributed by atoms with Crippen molar-refractivity contribution in [2.24, 2.45) is 0 Å². The Labute approximate surface area is 135 Å². The summed E-state index contributed by atoms with van der Waals surface area (Å²) in [4.78, 5) is 23.7. The van der Waals surface area contributed by atoms with E-state index < -0.39 is 0 Å². The molecule has 2 N–H and O–H groups in total. The average Bonchev–Trinajstić information content (AvgIpc) is 2.82. The molecule has 2 amide bonds. The Morgan fingerprint density at radius 1 is 1.13 bits per heavy atom. The molecule has 0 aliphatic carbocycles. The monoisotopic (exact) mass is 315 g/mol. The van der Waals surface area contributed by atoms with Crippen molar-refractivity contribution in [1.29, 1.82) is 0 Å². The van der Waals surface area contributed by atoms with Crippen LogP contribution in [0, 0.1) is 20.8 Å². The van der Waals surface area contributed by atoms with E-state index in [1.807, 2.05) is 26.0 Å². The number of carbonyl (C=O) groups excluding carboxylic acids is 2. The molecule has 0 aliphatic rings. The normalized spacial score (nSPS) is 10.4. The number of benzene rings is 1. The number of aromatic nitrogens is 1. The fraction of sp³-hybridized carbons (Fsp3) is 0.353. The molecule has 0 saturated heterocycles. The van der Waals surface area contributed by atoms with Crippen LogP contribution in [-0.2, 0) is 16.0 Å². The smallest absolute Gasteiger partial charge is 0.229 e. The number of anilines is 2. The van der Waals surface area contributed by atoms with Crippen LogP contribution in [0.15, 0.2) is 22.7 Å². The highest BCUT2D eigenvalue weighted by molar-refractivity contribution is 5.95. The summed E-state index contributed by atoms with van der Waals surface area (Å²) in [7, 11) is 0. The molecule has 0 fully saturated rings. The van der Waals surface area contributed by atoms with Crippen molar-refractivity contribution in [3.05, 3.63) is 40.8 Å². The number of hydrogen-bond donors (Lipinski definition) is 2. The van der Waals surface area contributed by atoms with Gasteiger partial charge in [0.25, 0.3) is 0 Å². The highest BCUT2D eigenvalue weighted by atomic mass is 16.5. The maximum absolute atomic E-state index is 12.3. The summed E-state index contributed by atoms with van der Waals surface area (Å²) in [6.45, 7) is 7.28. The zero-order valence-electron chi connectivity index (χ0n) is 13.8.